The highest BCUT2D eigenvalue weighted by Crippen LogP contribution is 2.13. The van der Waals surface area contributed by atoms with Crippen LogP contribution in [0.4, 0.5) is 0 Å². The number of rotatable bonds is 6. The number of aliphatic hydroxyl groups excluding tert-OH is 1. The van der Waals surface area contributed by atoms with Gasteiger partial charge in [0, 0.05) is 12.4 Å². The van der Waals surface area contributed by atoms with E-state index in [2.05, 4.69) is 0 Å². The van der Waals surface area contributed by atoms with Gasteiger partial charge in [0.15, 0.2) is 0 Å². The van der Waals surface area contributed by atoms with Crippen LogP contribution in [0.3, 0.4) is 0 Å². The molecule has 1 aromatic carbocycles. The summed E-state index contributed by atoms with van der Waals surface area (Å²) in [6, 6.07) is 9.27. The molecule has 0 saturated heterocycles. The maximum atomic E-state index is 10.2. The molecule has 0 aromatic heterocycles. The number of carbonyl (C=O) groups excluding carboxylic acids is 1. The first-order chi connectivity index (χ1) is 7.61. The second-order valence-corrected chi connectivity index (χ2v) is 3.86. The van der Waals surface area contributed by atoms with Gasteiger partial charge in [-0.3, -0.25) is 0 Å². The van der Waals surface area contributed by atoms with E-state index >= 15 is 0 Å². The Morgan fingerprint density at radius 2 is 2.06 bits per heavy atom. The molecule has 0 aliphatic heterocycles. The van der Waals surface area contributed by atoms with E-state index in [0.717, 1.165) is 5.56 Å². The van der Waals surface area contributed by atoms with Crippen molar-refractivity contribution in [3.63, 3.8) is 0 Å². The molecule has 2 atom stereocenters. The molecule has 88 valence electrons. The van der Waals surface area contributed by atoms with Gasteiger partial charge in [-0.15, -0.1) is 0 Å². The number of carboxylic acids is 1. The summed E-state index contributed by atoms with van der Waals surface area (Å²) in [6.07, 6.45) is -0.575. The molecule has 4 nitrogen and oxygen atoms in total. The molecule has 16 heavy (non-hydrogen) atoms. The molecule has 0 bridgehead atoms. The molecule has 0 saturated carbocycles. The Hall–Kier alpha value is -1.39. The first kappa shape index (κ1) is 12.7. The van der Waals surface area contributed by atoms with E-state index in [1.54, 1.807) is 0 Å². The molecule has 1 rings (SSSR count). The van der Waals surface area contributed by atoms with Crippen LogP contribution in [0.25, 0.3) is 0 Å². The first-order valence-corrected chi connectivity index (χ1v) is 5.37. The molecule has 0 fully saturated rings. The van der Waals surface area contributed by atoms with Gasteiger partial charge in [-0.1, -0.05) is 30.3 Å². The number of nitrogens with two attached hydrogens (primary N) is 1. The summed E-state index contributed by atoms with van der Waals surface area (Å²) in [5, 5.41) is 22.0. The van der Waals surface area contributed by atoms with Crippen LogP contribution < -0.4 is 10.4 Å². The van der Waals surface area contributed by atoms with Gasteiger partial charge in [-0.05, 0) is 12.5 Å². The smallest absolute Gasteiger partial charge is 0.130 e. The van der Waals surface area contributed by atoms with Gasteiger partial charge in [-0.25, -0.2) is 0 Å². The van der Waals surface area contributed by atoms with Gasteiger partial charge < -0.3 is 20.3 Å². The largest absolute Gasteiger partial charge is 0.550 e. The Morgan fingerprint density at radius 3 is 2.62 bits per heavy atom. The highest BCUT2D eigenvalue weighted by atomic mass is 16.4. The normalized spacial score (nSPS) is 14.4. The van der Waals surface area contributed by atoms with Crippen LogP contribution in [0.1, 0.15) is 25.0 Å². The van der Waals surface area contributed by atoms with E-state index in [4.69, 9.17) is 0 Å². The number of carboxylic acid groups (broad SMARTS) is 1. The topological polar surface area (TPSA) is 77.0 Å². The van der Waals surface area contributed by atoms with Crippen LogP contribution in [-0.2, 0) is 4.79 Å². The lowest BCUT2D eigenvalue weighted by molar-refractivity contribution is -0.694. The minimum absolute atomic E-state index is 0.00580. The molecule has 0 unspecified atom stereocenters. The lowest BCUT2D eigenvalue weighted by Crippen LogP contribution is -2.90. The van der Waals surface area contributed by atoms with E-state index in [1.807, 2.05) is 42.6 Å². The van der Waals surface area contributed by atoms with E-state index in [-0.39, 0.29) is 12.5 Å². The van der Waals surface area contributed by atoms with Crippen LogP contribution in [0.15, 0.2) is 30.3 Å². The minimum Gasteiger partial charge on any atom is -0.550 e. The molecule has 0 heterocycles. The summed E-state index contributed by atoms with van der Waals surface area (Å²) in [4.78, 5) is 10.2. The van der Waals surface area contributed by atoms with Crippen molar-refractivity contribution in [2.75, 3.05) is 6.54 Å². The van der Waals surface area contributed by atoms with Gasteiger partial charge in [0.2, 0.25) is 0 Å². The van der Waals surface area contributed by atoms with Crippen molar-refractivity contribution in [3.05, 3.63) is 35.9 Å². The summed E-state index contributed by atoms with van der Waals surface area (Å²) in [6.45, 7) is 2.29. The fraction of sp³-hybridized carbons (Fsp3) is 0.417. The maximum Gasteiger partial charge on any atom is 0.130 e. The van der Waals surface area contributed by atoms with Crippen LogP contribution in [-0.4, -0.2) is 23.7 Å². The fourth-order valence-corrected chi connectivity index (χ4v) is 1.55. The molecular weight excluding hydrogens is 206 g/mol. The summed E-state index contributed by atoms with van der Waals surface area (Å²) in [7, 11) is 0. The zero-order valence-electron chi connectivity index (χ0n) is 9.30. The number of aliphatic hydroxyl groups is 1. The quantitative estimate of drug-likeness (QED) is 0.637. The molecule has 0 radical (unpaired) electrons. The van der Waals surface area contributed by atoms with Crippen molar-refractivity contribution < 1.29 is 20.3 Å². The van der Waals surface area contributed by atoms with Crippen LogP contribution in [0, 0.1) is 0 Å². The minimum atomic E-state index is -1.06. The highest BCUT2D eigenvalue weighted by molar-refractivity contribution is 5.64. The molecule has 4 heteroatoms. The van der Waals surface area contributed by atoms with Crippen molar-refractivity contribution in [2.24, 2.45) is 0 Å². The zero-order chi connectivity index (χ0) is 12.0. The number of hydrogen-bond acceptors (Lipinski definition) is 3. The van der Waals surface area contributed by atoms with Crippen molar-refractivity contribution in [2.45, 2.75) is 25.5 Å². The van der Waals surface area contributed by atoms with Crippen LogP contribution >= 0.6 is 0 Å². The SMILES string of the molecule is C[C@@H]([NH2+]CCC(=O)[O-])[C@@H](O)c1ccccc1. The molecule has 1 aromatic rings. The molecule has 0 amide bonds. The predicted molar refractivity (Wildman–Crippen MR) is 57.3 cm³/mol. The van der Waals surface area contributed by atoms with Gasteiger partial charge in [0.1, 0.15) is 12.1 Å². The summed E-state index contributed by atoms with van der Waals surface area (Å²) in [5.41, 5.74) is 0.847. The van der Waals surface area contributed by atoms with E-state index < -0.39 is 12.1 Å². The van der Waals surface area contributed by atoms with Crippen LogP contribution in [0.2, 0.25) is 0 Å². The van der Waals surface area contributed by atoms with Gasteiger partial charge in [0.25, 0.3) is 0 Å². The van der Waals surface area contributed by atoms with Crippen molar-refractivity contribution in [1.82, 2.24) is 0 Å². The van der Waals surface area contributed by atoms with Crippen LogP contribution in [0.5, 0.6) is 0 Å². The highest BCUT2D eigenvalue weighted by Gasteiger charge is 2.18. The number of aliphatic carboxylic acids is 1. The molecule has 0 aliphatic carbocycles. The summed E-state index contributed by atoms with van der Waals surface area (Å²) >= 11 is 0. The monoisotopic (exact) mass is 223 g/mol. The lowest BCUT2D eigenvalue weighted by atomic mass is 10.0. The number of carbonyl (C=O) groups is 1. The second kappa shape index (κ2) is 6.25. The van der Waals surface area contributed by atoms with Gasteiger partial charge >= 0.3 is 0 Å². The van der Waals surface area contributed by atoms with E-state index in [1.165, 1.54) is 0 Å². The third kappa shape index (κ3) is 4.00. The standard InChI is InChI=1S/C12H17NO3/c1-9(13-8-7-11(14)15)12(16)10-5-3-2-4-6-10/h2-6,9,12-13,16H,7-8H2,1H3,(H,14,15)/t9-,12-/m1/s1. The number of hydrogen-bond donors (Lipinski definition) is 2. The average Bonchev–Trinajstić information content (AvgIpc) is 2.28. The number of benzene rings is 1. The van der Waals surface area contributed by atoms with Gasteiger partial charge in [0.05, 0.1) is 6.54 Å². The Kier molecular flexibility index (Phi) is 4.95. The molecule has 0 spiro atoms. The predicted octanol–water partition coefficient (Wildman–Crippen LogP) is -1.19. The third-order valence-corrected chi connectivity index (χ3v) is 2.53. The Labute approximate surface area is 94.9 Å². The van der Waals surface area contributed by atoms with Crippen molar-refractivity contribution in [1.29, 1.82) is 0 Å². The lowest BCUT2D eigenvalue weighted by Gasteiger charge is -2.17. The average molecular weight is 223 g/mol. The van der Waals surface area contributed by atoms with E-state index in [0.29, 0.717) is 6.54 Å². The van der Waals surface area contributed by atoms with Crippen molar-refractivity contribution >= 4 is 5.97 Å². The Balaban J connectivity index is 2.42. The zero-order valence-corrected chi connectivity index (χ0v) is 9.30. The summed E-state index contributed by atoms with van der Waals surface area (Å²) in [5.74, 6) is -1.06. The molecular formula is C12H17NO3. The summed E-state index contributed by atoms with van der Waals surface area (Å²) < 4.78 is 0. The Bertz CT molecular complexity index is 326. The molecule has 0 aliphatic rings. The Morgan fingerprint density at radius 1 is 1.44 bits per heavy atom. The fourth-order valence-electron chi connectivity index (χ4n) is 1.55. The second-order valence-electron chi connectivity index (χ2n) is 3.86. The van der Waals surface area contributed by atoms with E-state index in [9.17, 15) is 15.0 Å². The van der Waals surface area contributed by atoms with Gasteiger partial charge in [-0.2, -0.15) is 0 Å². The number of quaternary nitrogens is 1. The third-order valence-electron chi connectivity index (χ3n) is 2.53. The first-order valence-electron chi connectivity index (χ1n) is 5.37. The molecule has 3 N–H and O–H groups in total. The van der Waals surface area contributed by atoms with Crippen molar-refractivity contribution in [3.8, 4) is 0 Å². The maximum absolute atomic E-state index is 10.2.